The van der Waals surface area contributed by atoms with Crippen molar-refractivity contribution in [2.45, 2.75) is 13.3 Å². The highest BCUT2D eigenvalue weighted by molar-refractivity contribution is 6.31. The number of furan rings is 1. The minimum absolute atomic E-state index is 0.228. The molecule has 1 aromatic heterocycles. The van der Waals surface area contributed by atoms with Crippen molar-refractivity contribution in [3.8, 4) is 0 Å². The number of hydrogen-bond donors (Lipinski definition) is 1. The molecule has 0 bridgehead atoms. The average molecular weight is 314 g/mol. The van der Waals surface area contributed by atoms with Crippen LogP contribution in [0.25, 0.3) is 11.0 Å². The van der Waals surface area contributed by atoms with Crippen molar-refractivity contribution in [2.75, 3.05) is 6.54 Å². The van der Waals surface area contributed by atoms with E-state index in [0.29, 0.717) is 22.9 Å². The van der Waals surface area contributed by atoms with Gasteiger partial charge in [0.1, 0.15) is 5.58 Å². The minimum atomic E-state index is -0.228. The zero-order valence-corrected chi connectivity index (χ0v) is 13.0. The molecule has 2 aromatic rings. The van der Waals surface area contributed by atoms with Gasteiger partial charge in [0.25, 0.3) is 5.91 Å². The maximum atomic E-state index is 12.2. The van der Waals surface area contributed by atoms with E-state index in [2.05, 4.69) is 17.5 Å². The Labute approximate surface area is 133 Å². The first-order valence-corrected chi connectivity index (χ1v) is 7.51. The number of carbonyl (C=O) groups excluding carboxylic acids is 1. The van der Waals surface area contributed by atoms with E-state index in [9.17, 15) is 4.79 Å². The van der Waals surface area contributed by atoms with E-state index in [1.807, 2.05) is 19.1 Å². The highest BCUT2D eigenvalue weighted by Crippen LogP contribution is 2.23. The van der Waals surface area contributed by atoms with Crippen molar-refractivity contribution in [3.05, 3.63) is 70.5 Å². The smallest absolute Gasteiger partial charge is 0.287 e. The molecular formula is C18H16ClNO2. The van der Waals surface area contributed by atoms with Crippen LogP contribution in [0.5, 0.6) is 0 Å². The molecule has 0 atom stereocenters. The van der Waals surface area contributed by atoms with Gasteiger partial charge < -0.3 is 9.73 Å². The van der Waals surface area contributed by atoms with E-state index >= 15 is 0 Å². The number of carbonyl (C=O) groups is 1. The second-order valence-electron chi connectivity index (χ2n) is 5.22. The van der Waals surface area contributed by atoms with Gasteiger partial charge in [-0.3, -0.25) is 4.79 Å². The molecule has 0 aliphatic heterocycles. The Hall–Kier alpha value is -2.26. The molecule has 22 heavy (non-hydrogen) atoms. The summed E-state index contributed by atoms with van der Waals surface area (Å²) in [6, 6.07) is 7.00. The number of fused-ring (bicyclic) bond motifs is 1. The summed E-state index contributed by atoms with van der Waals surface area (Å²) in [7, 11) is 0. The highest BCUT2D eigenvalue weighted by Gasteiger charge is 2.13. The lowest BCUT2D eigenvalue weighted by Crippen LogP contribution is -2.25. The van der Waals surface area contributed by atoms with Gasteiger partial charge in [0.05, 0.1) is 0 Å². The Morgan fingerprint density at radius 3 is 3.09 bits per heavy atom. The van der Waals surface area contributed by atoms with Gasteiger partial charge in [-0.1, -0.05) is 35.9 Å². The summed E-state index contributed by atoms with van der Waals surface area (Å²) in [4.78, 5) is 12.2. The van der Waals surface area contributed by atoms with Crippen molar-refractivity contribution in [3.63, 3.8) is 0 Å². The molecule has 1 aliphatic carbocycles. The van der Waals surface area contributed by atoms with Crippen molar-refractivity contribution in [2.24, 2.45) is 0 Å². The Morgan fingerprint density at radius 2 is 2.23 bits per heavy atom. The molecular weight excluding hydrogens is 298 g/mol. The molecule has 0 unspecified atom stereocenters. The maximum Gasteiger partial charge on any atom is 0.287 e. The summed E-state index contributed by atoms with van der Waals surface area (Å²) in [6.07, 6.45) is 9.19. The third-order valence-corrected chi connectivity index (χ3v) is 3.88. The zero-order valence-electron chi connectivity index (χ0n) is 12.2. The predicted molar refractivity (Wildman–Crippen MR) is 89.2 cm³/mol. The molecule has 0 radical (unpaired) electrons. The monoisotopic (exact) mass is 313 g/mol. The maximum absolute atomic E-state index is 12.2. The number of rotatable bonds is 3. The molecule has 112 valence electrons. The van der Waals surface area contributed by atoms with Crippen molar-refractivity contribution < 1.29 is 9.21 Å². The second-order valence-corrected chi connectivity index (χ2v) is 5.65. The molecule has 0 fully saturated rings. The number of allylic oxidation sites excluding steroid dienone is 4. The van der Waals surface area contributed by atoms with Crippen LogP contribution in [0.2, 0.25) is 5.02 Å². The first kappa shape index (κ1) is 14.7. The van der Waals surface area contributed by atoms with Crippen molar-refractivity contribution in [1.82, 2.24) is 5.32 Å². The number of amides is 1. The van der Waals surface area contributed by atoms with E-state index in [4.69, 9.17) is 16.0 Å². The number of halogens is 1. The van der Waals surface area contributed by atoms with Crippen LogP contribution >= 0.6 is 11.6 Å². The van der Waals surface area contributed by atoms with E-state index in [1.165, 1.54) is 5.57 Å². The molecule has 4 heteroatoms. The van der Waals surface area contributed by atoms with Crippen LogP contribution in [-0.2, 0) is 0 Å². The van der Waals surface area contributed by atoms with Gasteiger partial charge in [0, 0.05) is 17.0 Å². The van der Waals surface area contributed by atoms with Gasteiger partial charge in [-0.15, -0.1) is 0 Å². The number of benzene rings is 1. The minimum Gasteiger partial charge on any atom is -0.451 e. The summed E-state index contributed by atoms with van der Waals surface area (Å²) in [5.41, 5.74) is 2.94. The summed E-state index contributed by atoms with van der Waals surface area (Å²) in [6.45, 7) is 2.53. The number of hydrogen-bond acceptors (Lipinski definition) is 2. The Bertz CT molecular complexity index is 812. The lowest BCUT2D eigenvalue weighted by Gasteiger charge is -2.07. The molecule has 0 saturated carbocycles. The third-order valence-electron chi connectivity index (χ3n) is 3.64. The lowest BCUT2D eigenvalue weighted by molar-refractivity contribution is 0.0932. The van der Waals surface area contributed by atoms with Gasteiger partial charge in [-0.2, -0.15) is 0 Å². The topological polar surface area (TPSA) is 42.2 Å². The van der Waals surface area contributed by atoms with Gasteiger partial charge in [0.2, 0.25) is 0 Å². The lowest BCUT2D eigenvalue weighted by atomic mass is 10.1. The van der Waals surface area contributed by atoms with E-state index < -0.39 is 0 Å². The molecule has 0 saturated heterocycles. The van der Waals surface area contributed by atoms with E-state index in [1.54, 1.807) is 24.3 Å². The summed E-state index contributed by atoms with van der Waals surface area (Å²) < 4.78 is 5.56. The van der Waals surface area contributed by atoms with Crippen LogP contribution < -0.4 is 5.32 Å². The average Bonchev–Trinajstić information content (AvgIpc) is 2.81. The Balaban J connectivity index is 1.73. The summed E-state index contributed by atoms with van der Waals surface area (Å²) in [5.74, 6) is 0.0675. The molecule has 1 N–H and O–H groups in total. The molecule has 3 rings (SSSR count). The van der Waals surface area contributed by atoms with Crippen LogP contribution in [0.4, 0.5) is 0 Å². The van der Waals surface area contributed by atoms with Crippen LogP contribution in [0, 0.1) is 0 Å². The number of nitrogens with one attached hydrogen (secondary N) is 1. The van der Waals surface area contributed by atoms with Crippen molar-refractivity contribution >= 4 is 28.5 Å². The standard InChI is InChI=1S/C18H16ClNO2/c1-12-5-3-2-4-6-13(12)11-20-18(21)17-10-14-9-15(19)7-8-16(14)22-17/h2,4-10H,3,11H2,1H3,(H,20,21). The first-order valence-electron chi connectivity index (χ1n) is 7.13. The normalized spacial score (nSPS) is 14.5. The molecule has 0 spiro atoms. The SMILES string of the molecule is CC1=CCC=CC=C1CNC(=O)c1cc2cc(Cl)ccc2o1. The fraction of sp³-hybridized carbons (Fsp3) is 0.167. The van der Waals surface area contributed by atoms with Gasteiger partial charge in [-0.25, -0.2) is 0 Å². The first-order chi connectivity index (χ1) is 10.6. The van der Waals surface area contributed by atoms with E-state index in [0.717, 1.165) is 17.4 Å². The summed E-state index contributed by atoms with van der Waals surface area (Å²) >= 11 is 5.94. The van der Waals surface area contributed by atoms with Crippen molar-refractivity contribution in [1.29, 1.82) is 0 Å². The fourth-order valence-electron chi connectivity index (χ4n) is 2.36. The Morgan fingerprint density at radius 1 is 1.36 bits per heavy atom. The largest absolute Gasteiger partial charge is 0.451 e. The molecule has 1 heterocycles. The third kappa shape index (κ3) is 3.15. The van der Waals surface area contributed by atoms with Gasteiger partial charge in [0.15, 0.2) is 5.76 Å². The Kier molecular flexibility index (Phi) is 4.16. The fourth-order valence-corrected chi connectivity index (χ4v) is 2.54. The summed E-state index contributed by atoms with van der Waals surface area (Å²) in [5, 5.41) is 4.34. The quantitative estimate of drug-likeness (QED) is 0.896. The molecule has 3 nitrogen and oxygen atoms in total. The molecule has 1 amide bonds. The molecule has 1 aliphatic rings. The highest BCUT2D eigenvalue weighted by atomic mass is 35.5. The zero-order chi connectivity index (χ0) is 15.5. The predicted octanol–water partition coefficient (Wildman–Crippen LogP) is 4.65. The van der Waals surface area contributed by atoms with Crippen LogP contribution in [0.15, 0.2) is 64.1 Å². The second kappa shape index (κ2) is 6.24. The van der Waals surface area contributed by atoms with Crippen LogP contribution in [0.1, 0.15) is 23.9 Å². The van der Waals surface area contributed by atoms with Gasteiger partial charge >= 0.3 is 0 Å². The van der Waals surface area contributed by atoms with E-state index in [-0.39, 0.29) is 5.91 Å². The van der Waals surface area contributed by atoms with Gasteiger partial charge in [-0.05, 0) is 48.8 Å². The molecule has 1 aromatic carbocycles. The van der Waals surface area contributed by atoms with Crippen LogP contribution in [0.3, 0.4) is 0 Å². The van der Waals surface area contributed by atoms with Crippen LogP contribution in [-0.4, -0.2) is 12.5 Å².